The van der Waals surface area contributed by atoms with Gasteiger partial charge in [0.25, 0.3) is 0 Å². The van der Waals surface area contributed by atoms with Crippen molar-refractivity contribution in [1.82, 2.24) is 14.5 Å². The maximum atomic E-state index is 12.8. The molecular weight excluding hydrogens is 298 g/mol. The van der Waals surface area contributed by atoms with Crippen LogP contribution in [0.3, 0.4) is 0 Å². The molecule has 0 saturated carbocycles. The molecule has 2 fully saturated rings. The van der Waals surface area contributed by atoms with Crippen molar-refractivity contribution < 1.29 is 8.42 Å². The summed E-state index contributed by atoms with van der Waals surface area (Å²) in [6, 6.07) is 8.79. The van der Waals surface area contributed by atoms with E-state index in [2.05, 4.69) is 17.1 Å². The highest BCUT2D eigenvalue weighted by atomic mass is 32.2. The van der Waals surface area contributed by atoms with Crippen LogP contribution in [-0.2, 0) is 10.0 Å². The first kappa shape index (κ1) is 15.9. The summed E-state index contributed by atoms with van der Waals surface area (Å²) < 4.78 is 27.3. The molecule has 0 spiro atoms. The number of hydrogen-bond donors (Lipinski definition) is 1. The van der Waals surface area contributed by atoms with E-state index < -0.39 is 10.0 Å². The summed E-state index contributed by atoms with van der Waals surface area (Å²) in [6.07, 6.45) is 1.92. The van der Waals surface area contributed by atoms with Crippen LogP contribution in [0.5, 0.6) is 0 Å². The largest absolute Gasteiger partial charge is 0.314 e. The molecule has 3 rings (SSSR count). The molecule has 2 saturated heterocycles. The number of sulfonamides is 1. The lowest BCUT2D eigenvalue weighted by atomic mass is 9.92. The molecule has 0 aromatic heterocycles. The van der Waals surface area contributed by atoms with Crippen molar-refractivity contribution in [2.75, 3.05) is 39.3 Å². The highest BCUT2D eigenvalue weighted by Gasteiger charge is 2.45. The van der Waals surface area contributed by atoms with E-state index in [0.717, 1.165) is 39.0 Å². The first-order valence-corrected chi connectivity index (χ1v) is 9.53. The molecule has 1 atom stereocenters. The number of hydrogen-bond acceptors (Lipinski definition) is 4. The molecule has 2 heterocycles. The van der Waals surface area contributed by atoms with Gasteiger partial charge in [0.1, 0.15) is 0 Å². The van der Waals surface area contributed by atoms with Crippen LogP contribution in [0, 0.1) is 0 Å². The third-order valence-corrected chi connectivity index (χ3v) is 6.98. The van der Waals surface area contributed by atoms with Gasteiger partial charge < -0.3 is 5.32 Å². The van der Waals surface area contributed by atoms with Crippen molar-refractivity contribution in [3.63, 3.8) is 0 Å². The van der Waals surface area contributed by atoms with Crippen LogP contribution in [0.2, 0.25) is 0 Å². The van der Waals surface area contributed by atoms with Crippen LogP contribution < -0.4 is 5.32 Å². The van der Waals surface area contributed by atoms with Crippen LogP contribution in [0.1, 0.15) is 19.8 Å². The Morgan fingerprint density at radius 2 is 1.82 bits per heavy atom. The smallest absolute Gasteiger partial charge is 0.243 e. The molecule has 0 aliphatic carbocycles. The molecular formula is C16H25N3O2S. The lowest BCUT2D eigenvalue weighted by Gasteiger charge is -2.43. The summed E-state index contributed by atoms with van der Waals surface area (Å²) in [5.74, 6) is 0. The van der Waals surface area contributed by atoms with Gasteiger partial charge in [-0.15, -0.1) is 0 Å². The Hall–Kier alpha value is -0.950. The summed E-state index contributed by atoms with van der Waals surface area (Å²) in [7, 11) is -3.37. The Morgan fingerprint density at radius 1 is 1.14 bits per heavy atom. The maximum Gasteiger partial charge on any atom is 0.243 e. The molecule has 0 radical (unpaired) electrons. The van der Waals surface area contributed by atoms with Gasteiger partial charge in [-0.05, 0) is 25.0 Å². The van der Waals surface area contributed by atoms with Crippen molar-refractivity contribution in [2.45, 2.75) is 30.2 Å². The standard InChI is InChI=1S/C16H25N3O2S/c1-2-16(18-12-9-17-10-13-18)8-11-19(14-16)22(20,21)15-6-4-3-5-7-15/h3-7,17H,2,8-14H2,1H3. The molecule has 2 aliphatic rings. The zero-order valence-electron chi connectivity index (χ0n) is 13.2. The van der Waals surface area contributed by atoms with Crippen molar-refractivity contribution >= 4 is 10.0 Å². The Bertz CT molecular complexity index is 599. The maximum absolute atomic E-state index is 12.8. The topological polar surface area (TPSA) is 52.6 Å². The molecule has 0 bridgehead atoms. The monoisotopic (exact) mass is 323 g/mol. The Balaban J connectivity index is 1.81. The van der Waals surface area contributed by atoms with Crippen LogP contribution in [-0.4, -0.2) is 62.4 Å². The molecule has 0 amide bonds. The summed E-state index contributed by atoms with van der Waals surface area (Å²) >= 11 is 0. The van der Waals surface area contributed by atoms with Crippen LogP contribution >= 0.6 is 0 Å². The van der Waals surface area contributed by atoms with E-state index in [-0.39, 0.29) is 5.54 Å². The Labute approximate surface area is 133 Å². The summed E-state index contributed by atoms with van der Waals surface area (Å²) in [4.78, 5) is 2.89. The minimum atomic E-state index is -3.37. The second kappa shape index (κ2) is 6.28. The highest BCUT2D eigenvalue weighted by molar-refractivity contribution is 7.89. The molecule has 1 aromatic carbocycles. The molecule has 1 unspecified atom stereocenters. The predicted octanol–water partition coefficient (Wildman–Crippen LogP) is 1.14. The van der Waals surface area contributed by atoms with Gasteiger partial charge in [0.2, 0.25) is 10.0 Å². The molecule has 122 valence electrons. The SMILES string of the molecule is CCC1(N2CCNCC2)CCN(S(=O)(=O)c2ccccc2)C1. The summed E-state index contributed by atoms with van der Waals surface area (Å²) in [5, 5.41) is 3.37. The average molecular weight is 323 g/mol. The minimum absolute atomic E-state index is 0.00392. The van der Waals surface area contributed by atoms with E-state index in [4.69, 9.17) is 0 Å². The summed E-state index contributed by atoms with van der Waals surface area (Å²) in [6.45, 7) is 7.41. The van der Waals surface area contributed by atoms with Crippen molar-refractivity contribution in [2.24, 2.45) is 0 Å². The molecule has 6 heteroatoms. The van der Waals surface area contributed by atoms with E-state index in [1.165, 1.54) is 0 Å². The third kappa shape index (κ3) is 2.80. The minimum Gasteiger partial charge on any atom is -0.314 e. The Kier molecular flexibility index (Phi) is 4.54. The normalized spacial score (nSPS) is 28.0. The van der Waals surface area contributed by atoms with Crippen LogP contribution in [0.25, 0.3) is 0 Å². The summed E-state index contributed by atoms with van der Waals surface area (Å²) in [5.41, 5.74) is 0.00392. The van der Waals surface area contributed by atoms with E-state index >= 15 is 0 Å². The molecule has 1 aromatic rings. The van der Waals surface area contributed by atoms with E-state index in [1.807, 2.05) is 6.07 Å². The molecule has 2 aliphatic heterocycles. The van der Waals surface area contributed by atoms with Gasteiger partial charge in [0.15, 0.2) is 0 Å². The van der Waals surface area contributed by atoms with Gasteiger partial charge in [-0.2, -0.15) is 4.31 Å². The zero-order chi connectivity index (χ0) is 15.6. The number of nitrogens with one attached hydrogen (secondary N) is 1. The number of benzene rings is 1. The fourth-order valence-corrected chi connectivity index (χ4v) is 5.22. The number of piperazine rings is 1. The quantitative estimate of drug-likeness (QED) is 0.903. The van der Waals surface area contributed by atoms with Crippen molar-refractivity contribution in [1.29, 1.82) is 0 Å². The van der Waals surface area contributed by atoms with Gasteiger partial charge in [-0.1, -0.05) is 25.1 Å². The molecule has 5 nitrogen and oxygen atoms in total. The predicted molar refractivity (Wildman–Crippen MR) is 87.3 cm³/mol. The van der Waals surface area contributed by atoms with Gasteiger partial charge in [0.05, 0.1) is 4.90 Å². The number of rotatable bonds is 4. The molecule has 1 N–H and O–H groups in total. The van der Waals surface area contributed by atoms with Crippen LogP contribution in [0.4, 0.5) is 0 Å². The van der Waals surface area contributed by atoms with E-state index in [0.29, 0.717) is 18.0 Å². The van der Waals surface area contributed by atoms with Crippen LogP contribution in [0.15, 0.2) is 35.2 Å². The highest BCUT2D eigenvalue weighted by Crippen LogP contribution is 2.34. The zero-order valence-corrected chi connectivity index (χ0v) is 14.0. The van der Waals surface area contributed by atoms with E-state index in [1.54, 1.807) is 28.6 Å². The van der Waals surface area contributed by atoms with Gasteiger partial charge >= 0.3 is 0 Å². The average Bonchev–Trinajstić information content (AvgIpc) is 3.03. The van der Waals surface area contributed by atoms with Gasteiger partial charge in [-0.3, -0.25) is 4.90 Å². The fraction of sp³-hybridized carbons (Fsp3) is 0.625. The number of nitrogens with zero attached hydrogens (tertiary/aromatic N) is 2. The second-order valence-corrected chi connectivity index (χ2v) is 8.15. The van der Waals surface area contributed by atoms with Crippen molar-refractivity contribution in [3.8, 4) is 0 Å². The van der Waals surface area contributed by atoms with Crippen molar-refractivity contribution in [3.05, 3.63) is 30.3 Å². The Morgan fingerprint density at radius 3 is 2.45 bits per heavy atom. The first-order valence-electron chi connectivity index (χ1n) is 8.09. The lowest BCUT2D eigenvalue weighted by molar-refractivity contribution is 0.0805. The van der Waals surface area contributed by atoms with Gasteiger partial charge in [0, 0.05) is 44.8 Å². The second-order valence-electron chi connectivity index (χ2n) is 6.22. The van der Waals surface area contributed by atoms with Gasteiger partial charge in [-0.25, -0.2) is 8.42 Å². The molecule has 22 heavy (non-hydrogen) atoms. The fourth-order valence-electron chi connectivity index (χ4n) is 3.68. The third-order valence-electron chi connectivity index (χ3n) is 5.12. The lowest BCUT2D eigenvalue weighted by Crippen LogP contribution is -2.57. The van der Waals surface area contributed by atoms with E-state index in [9.17, 15) is 8.42 Å². The first-order chi connectivity index (χ1) is 10.6.